The van der Waals surface area contributed by atoms with E-state index in [9.17, 15) is 19.6 Å². The van der Waals surface area contributed by atoms with E-state index in [1.807, 2.05) is 25.4 Å². The normalized spacial score (nSPS) is 11.5. The molecule has 35 heavy (non-hydrogen) atoms. The van der Waals surface area contributed by atoms with Crippen LogP contribution in [-0.2, 0) is 16.6 Å². The van der Waals surface area contributed by atoms with E-state index in [-0.39, 0.29) is 24.1 Å². The van der Waals surface area contributed by atoms with Crippen molar-refractivity contribution in [3.05, 3.63) is 52.8 Å². The monoisotopic (exact) mass is 494 g/mol. The molecule has 3 aromatic rings. The first-order valence-corrected chi connectivity index (χ1v) is 11.7. The number of nitriles is 1. The Morgan fingerprint density at radius 2 is 2.03 bits per heavy atom. The van der Waals surface area contributed by atoms with E-state index < -0.39 is 23.8 Å². The van der Waals surface area contributed by atoms with Gasteiger partial charge in [-0.15, -0.1) is 0 Å². The molecule has 0 aliphatic carbocycles. The minimum atomic E-state index is -0.707. The Kier molecular flexibility index (Phi) is 8.33. The number of thiazole rings is 1. The van der Waals surface area contributed by atoms with E-state index in [0.717, 1.165) is 22.5 Å². The van der Waals surface area contributed by atoms with Gasteiger partial charge in [-0.05, 0) is 38.5 Å². The Balaban J connectivity index is 1.64. The number of hydrogen-bond donors (Lipinski definition) is 2. The second-order valence-corrected chi connectivity index (χ2v) is 9.16. The van der Waals surface area contributed by atoms with Crippen LogP contribution < -0.4 is 10.6 Å². The van der Waals surface area contributed by atoms with Gasteiger partial charge in [-0.3, -0.25) is 14.3 Å². The van der Waals surface area contributed by atoms with Gasteiger partial charge in [0.2, 0.25) is 5.91 Å². The average Bonchev–Trinajstić information content (AvgIpc) is 3.38. The van der Waals surface area contributed by atoms with Gasteiger partial charge < -0.3 is 15.4 Å². The summed E-state index contributed by atoms with van der Waals surface area (Å²) in [5.74, 6) is -1.33. The zero-order chi connectivity index (χ0) is 25.5. The minimum Gasteiger partial charge on any atom is -0.459 e. The quantitative estimate of drug-likeness (QED) is 0.434. The molecule has 0 aliphatic heterocycles. The molecule has 2 amide bonds. The molecule has 182 valence electrons. The first-order valence-electron chi connectivity index (χ1n) is 10.9. The van der Waals surface area contributed by atoms with Crippen molar-refractivity contribution in [2.75, 3.05) is 5.32 Å². The van der Waals surface area contributed by atoms with Gasteiger partial charge in [-0.1, -0.05) is 23.5 Å². The molecule has 2 aromatic heterocycles. The van der Waals surface area contributed by atoms with Crippen molar-refractivity contribution in [3.63, 3.8) is 0 Å². The van der Waals surface area contributed by atoms with Gasteiger partial charge in [0.15, 0.2) is 5.13 Å². The lowest BCUT2D eigenvalue weighted by molar-refractivity contribution is -0.116. The van der Waals surface area contributed by atoms with Crippen LogP contribution in [0.2, 0.25) is 0 Å². The lowest BCUT2D eigenvalue weighted by atomic mass is 10.0. The third kappa shape index (κ3) is 6.97. The predicted octanol–water partition coefficient (Wildman–Crippen LogP) is 3.46. The molecule has 0 radical (unpaired) electrons. The molecule has 11 heteroatoms. The number of esters is 1. The second-order valence-electron chi connectivity index (χ2n) is 8.16. The van der Waals surface area contributed by atoms with Gasteiger partial charge in [-0.2, -0.15) is 10.4 Å². The molecular weight excluding hydrogens is 468 g/mol. The lowest BCUT2D eigenvalue weighted by Gasteiger charge is -2.15. The highest BCUT2D eigenvalue weighted by atomic mass is 32.1. The van der Waals surface area contributed by atoms with Gasteiger partial charge in [0.1, 0.15) is 4.88 Å². The summed E-state index contributed by atoms with van der Waals surface area (Å²) in [6.45, 7) is 5.15. The zero-order valence-corrected chi connectivity index (χ0v) is 20.7. The fourth-order valence-electron chi connectivity index (χ4n) is 3.26. The van der Waals surface area contributed by atoms with Crippen LogP contribution >= 0.6 is 11.3 Å². The Bertz CT molecular complexity index is 1270. The number of rotatable bonds is 9. The van der Waals surface area contributed by atoms with Crippen LogP contribution in [-0.4, -0.2) is 44.7 Å². The summed E-state index contributed by atoms with van der Waals surface area (Å²) in [6.07, 6.45) is 3.08. The largest absolute Gasteiger partial charge is 0.459 e. The first-order chi connectivity index (χ1) is 16.7. The van der Waals surface area contributed by atoms with Gasteiger partial charge in [0.05, 0.1) is 36.5 Å². The molecule has 10 nitrogen and oxygen atoms in total. The molecule has 0 fully saturated rings. The maximum absolute atomic E-state index is 12.8. The highest BCUT2D eigenvalue weighted by Gasteiger charge is 2.21. The number of anilines is 1. The molecule has 0 saturated heterocycles. The van der Waals surface area contributed by atoms with Crippen LogP contribution in [0.5, 0.6) is 0 Å². The topological polar surface area (TPSA) is 139 Å². The average molecular weight is 495 g/mol. The maximum Gasteiger partial charge on any atom is 0.350 e. The summed E-state index contributed by atoms with van der Waals surface area (Å²) in [5, 5.41) is 19.0. The predicted molar refractivity (Wildman–Crippen MR) is 131 cm³/mol. The molecule has 2 N–H and O–H groups in total. The van der Waals surface area contributed by atoms with E-state index in [0.29, 0.717) is 16.1 Å². The number of carbonyl (C=O) groups excluding carboxylic acids is 3. The minimum absolute atomic E-state index is 0.0513. The third-order valence-corrected chi connectivity index (χ3v) is 5.89. The van der Waals surface area contributed by atoms with Crippen LogP contribution in [0.3, 0.4) is 0 Å². The number of nitrogens with one attached hydrogen (secondary N) is 2. The van der Waals surface area contributed by atoms with E-state index in [4.69, 9.17) is 4.74 Å². The van der Waals surface area contributed by atoms with E-state index in [2.05, 4.69) is 20.7 Å². The summed E-state index contributed by atoms with van der Waals surface area (Å²) < 4.78 is 6.86. The van der Waals surface area contributed by atoms with Crippen molar-refractivity contribution >= 4 is 34.3 Å². The van der Waals surface area contributed by atoms with E-state index in [1.165, 1.54) is 0 Å². The fraction of sp³-hybridized carbons (Fsp3) is 0.333. The molecule has 0 saturated carbocycles. The summed E-state index contributed by atoms with van der Waals surface area (Å²) in [5.41, 5.74) is 2.54. The van der Waals surface area contributed by atoms with Crippen molar-refractivity contribution in [2.45, 2.75) is 45.8 Å². The summed E-state index contributed by atoms with van der Waals surface area (Å²) in [7, 11) is 1.81. The third-order valence-electron chi connectivity index (χ3n) is 4.84. The van der Waals surface area contributed by atoms with E-state index in [1.54, 1.807) is 49.8 Å². The van der Waals surface area contributed by atoms with E-state index >= 15 is 0 Å². The SMILES string of the molecule is Cc1nc(NC(=O)CC(CC#N)NC(=O)c2cccc(-c3cnn(C)c3)c2)sc1C(=O)OC(C)C. The van der Waals surface area contributed by atoms with Crippen LogP contribution in [0.15, 0.2) is 36.7 Å². The standard InChI is InChI=1S/C24H26N6O4S/c1-14(2)34-23(33)21-15(3)27-24(35-21)29-20(31)11-19(8-9-25)28-22(32)17-7-5-6-16(10-17)18-12-26-30(4)13-18/h5-7,10,12-14,19H,8,11H2,1-4H3,(H,28,32)(H,27,29,31). The number of nitrogens with zero attached hydrogens (tertiary/aromatic N) is 4. The molecule has 3 rings (SSSR count). The first kappa shape index (κ1) is 25.6. The summed E-state index contributed by atoms with van der Waals surface area (Å²) in [4.78, 5) is 42.1. The number of carbonyl (C=O) groups is 3. The smallest absolute Gasteiger partial charge is 0.350 e. The van der Waals surface area contributed by atoms with Crippen LogP contribution in [0, 0.1) is 18.3 Å². The lowest BCUT2D eigenvalue weighted by Crippen LogP contribution is -2.37. The molecule has 0 bridgehead atoms. The molecule has 1 unspecified atom stereocenters. The summed E-state index contributed by atoms with van der Waals surface area (Å²) >= 11 is 1.01. The number of aryl methyl sites for hydroxylation is 2. The van der Waals surface area contributed by atoms with Crippen molar-refractivity contribution < 1.29 is 19.1 Å². The highest BCUT2D eigenvalue weighted by molar-refractivity contribution is 7.17. The molecular formula is C24H26N6O4S. The Hall–Kier alpha value is -4.04. The molecule has 0 aliphatic rings. The van der Waals surface area contributed by atoms with Crippen molar-refractivity contribution in [1.82, 2.24) is 20.1 Å². The molecule has 1 aromatic carbocycles. The van der Waals surface area contributed by atoms with Crippen LogP contribution in [0.25, 0.3) is 11.1 Å². The summed E-state index contributed by atoms with van der Waals surface area (Å²) in [6, 6.07) is 8.31. The molecule has 2 heterocycles. The highest BCUT2D eigenvalue weighted by Crippen LogP contribution is 2.24. The van der Waals surface area contributed by atoms with Gasteiger partial charge in [-0.25, -0.2) is 9.78 Å². The number of amides is 2. The Labute approximate surface area is 206 Å². The Morgan fingerprint density at radius 3 is 2.69 bits per heavy atom. The van der Waals surface area contributed by atoms with Crippen LogP contribution in [0.4, 0.5) is 5.13 Å². The van der Waals surface area contributed by atoms with Gasteiger partial charge in [0, 0.05) is 30.8 Å². The zero-order valence-electron chi connectivity index (χ0n) is 19.9. The number of ether oxygens (including phenoxy) is 1. The maximum atomic E-state index is 12.8. The van der Waals surface area contributed by atoms with Gasteiger partial charge in [0.25, 0.3) is 5.91 Å². The Morgan fingerprint density at radius 1 is 1.26 bits per heavy atom. The fourth-order valence-corrected chi connectivity index (χ4v) is 4.13. The molecule has 0 spiro atoms. The van der Waals surface area contributed by atoms with Crippen LogP contribution in [0.1, 0.15) is 52.4 Å². The number of hydrogen-bond acceptors (Lipinski definition) is 8. The van der Waals surface area contributed by atoms with Crippen molar-refractivity contribution in [3.8, 4) is 17.2 Å². The van der Waals surface area contributed by atoms with Gasteiger partial charge >= 0.3 is 5.97 Å². The van der Waals surface area contributed by atoms with Crippen molar-refractivity contribution in [2.24, 2.45) is 7.05 Å². The number of benzene rings is 1. The van der Waals surface area contributed by atoms with Crippen molar-refractivity contribution in [1.29, 1.82) is 5.26 Å². The molecule has 1 atom stereocenters. The number of aromatic nitrogens is 3. The second kappa shape index (κ2) is 11.4.